The summed E-state index contributed by atoms with van der Waals surface area (Å²) in [5.74, 6) is -2.18. The van der Waals surface area contributed by atoms with E-state index in [9.17, 15) is 13.6 Å². The van der Waals surface area contributed by atoms with Crippen molar-refractivity contribution < 1.29 is 18.7 Å². The first-order valence-corrected chi connectivity index (χ1v) is 5.02. The third-order valence-electron chi connectivity index (χ3n) is 2.20. The van der Waals surface area contributed by atoms with Gasteiger partial charge >= 0.3 is 5.97 Å². The number of nitrogens with one attached hydrogen (secondary N) is 2. The van der Waals surface area contributed by atoms with E-state index in [2.05, 4.69) is 15.5 Å². The van der Waals surface area contributed by atoms with E-state index < -0.39 is 17.6 Å². The maximum Gasteiger partial charge on any atom is 0.353 e. The van der Waals surface area contributed by atoms with E-state index in [0.29, 0.717) is 5.56 Å². The molecule has 2 aromatic rings. The molecule has 0 unspecified atom stereocenters. The second-order valence-corrected chi connectivity index (χ2v) is 3.60. The predicted molar refractivity (Wildman–Crippen MR) is 59.2 cm³/mol. The lowest BCUT2D eigenvalue weighted by atomic mass is 10.2. The molecule has 2 rings (SSSR count). The zero-order valence-electron chi connectivity index (χ0n) is 9.08. The fraction of sp³-hybridized carbons (Fsp3) is 0.0909. The van der Waals surface area contributed by atoms with Gasteiger partial charge in [-0.2, -0.15) is 5.10 Å². The van der Waals surface area contributed by atoms with Crippen LogP contribution in [0.2, 0.25) is 0 Å². The van der Waals surface area contributed by atoms with Gasteiger partial charge in [0.05, 0.1) is 0 Å². The number of anilines is 1. The Morgan fingerprint density at radius 2 is 1.94 bits per heavy atom. The molecule has 0 spiro atoms. The second kappa shape index (κ2) is 4.82. The number of benzene rings is 1. The molecule has 3 N–H and O–H groups in total. The summed E-state index contributed by atoms with van der Waals surface area (Å²) in [6.07, 6.45) is 0. The lowest BCUT2D eigenvalue weighted by molar-refractivity contribution is 0.0690. The molecule has 0 aliphatic carbocycles. The van der Waals surface area contributed by atoms with E-state index in [0.717, 1.165) is 6.07 Å². The number of carboxylic acids is 1. The van der Waals surface area contributed by atoms with Crippen molar-refractivity contribution in [3.05, 3.63) is 47.2 Å². The minimum atomic E-state index is -1.13. The predicted octanol–water partition coefficient (Wildman–Crippen LogP) is 2.00. The molecule has 0 atom stereocenters. The van der Waals surface area contributed by atoms with Gasteiger partial charge < -0.3 is 10.4 Å². The van der Waals surface area contributed by atoms with E-state index in [1.165, 1.54) is 18.2 Å². The van der Waals surface area contributed by atoms with Gasteiger partial charge in [-0.25, -0.2) is 13.6 Å². The fourth-order valence-electron chi connectivity index (χ4n) is 1.43. The molecule has 1 heterocycles. The van der Waals surface area contributed by atoms with Crippen LogP contribution < -0.4 is 5.32 Å². The number of H-pyrrole nitrogens is 1. The Kier molecular flexibility index (Phi) is 3.22. The van der Waals surface area contributed by atoms with Crippen LogP contribution in [0, 0.1) is 11.6 Å². The second-order valence-electron chi connectivity index (χ2n) is 3.60. The van der Waals surface area contributed by atoms with Crippen LogP contribution in [0.1, 0.15) is 16.1 Å². The molecule has 0 saturated carbocycles. The highest BCUT2D eigenvalue weighted by atomic mass is 19.1. The third-order valence-corrected chi connectivity index (χ3v) is 2.20. The molecule has 1 aromatic heterocycles. The van der Waals surface area contributed by atoms with Crippen molar-refractivity contribution in [2.24, 2.45) is 0 Å². The summed E-state index contributed by atoms with van der Waals surface area (Å²) in [4.78, 5) is 10.6. The number of nitrogens with zero attached hydrogens (tertiary/aromatic N) is 1. The average molecular weight is 253 g/mol. The summed E-state index contributed by atoms with van der Waals surface area (Å²) in [5, 5.41) is 17.4. The molecule has 5 nitrogen and oxygen atoms in total. The molecule has 0 amide bonds. The highest BCUT2D eigenvalue weighted by Gasteiger charge is 2.07. The van der Waals surface area contributed by atoms with Crippen LogP contribution in [0.15, 0.2) is 24.3 Å². The highest BCUT2D eigenvalue weighted by Crippen LogP contribution is 2.11. The Labute approximate surface area is 100 Å². The molecule has 0 aliphatic heterocycles. The smallest absolute Gasteiger partial charge is 0.353 e. The van der Waals surface area contributed by atoms with Crippen molar-refractivity contribution in [3.8, 4) is 0 Å². The monoisotopic (exact) mass is 253 g/mol. The van der Waals surface area contributed by atoms with Crippen molar-refractivity contribution >= 4 is 11.8 Å². The van der Waals surface area contributed by atoms with Crippen LogP contribution >= 0.6 is 0 Å². The fourth-order valence-corrected chi connectivity index (χ4v) is 1.43. The van der Waals surface area contributed by atoms with E-state index in [-0.39, 0.29) is 18.1 Å². The first-order valence-electron chi connectivity index (χ1n) is 5.02. The van der Waals surface area contributed by atoms with Crippen LogP contribution in [-0.4, -0.2) is 21.3 Å². The lowest BCUT2D eigenvalue weighted by Gasteiger charge is -2.03. The summed E-state index contributed by atoms with van der Waals surface area (Å²) < 4.78 is 25.8. The normalized spacial score (nSPS) is 10.3. The molecule has 0 bridgehead atoms. The Morgan fingerprint density at radius 1 is 1.28 bits per heavy atom. The minimum absolute atomic E-state index is 0.0667. The highest BCUT2D eigenvalue weighted by molar-refractivity contribution is 5.86. The Morgan fingerprint density at radius 3 is 2.50 bits per heavy atom. The quantitative estimate of drug-likeness (QED) is 0.778. The van der Waals surface area contributed by atoms with E-state index >= 15 is 0 Å². The third kappa shape index (κ3) is 2.82. The van der Waals surface area contributed by atoms with Gasteiger partial charge in [0.1, 0.15) is 23.1 Å². The van der Waals surface area contributed by atoms with Crippen LogP contribution in [0.4, 0.5) is 14.6 Å². The lowest BCUT2D eigenvalue weighted by Crippen LogP contribution is -2.00. The SMILES string of the molecule is O=C(O)c1cc(NCc2cc(F)cc(F)c2)n[nH]1. The Bertz CT molecular complexity index is 563. The zero-order chi connectivity index (χ0) is 13.1. The number of hydrogen-bond donors (Lipinski definition) is 3. The summed E-state index contributed by atoms with van der Waals surface area (Å²) in [6, 6.07) is 4.43. The number of aromatic carboxylic acids is 1. The molecular formula is C11H9F2N3O2. The average Bonchev–Trinajstić information content (AvgIpc) is 2.73. The topological polar surface area (TPSA) is 78.0 Å². The molecule has 18 heavy (non-hydrogen) atoms. The first-order chi connectivity index (χ1) is 8.54. The summed E-state index contributed by atoms with van der Waals surface area (Å²) in [6.45, 7) is 0.137. The Balaban J connectivity index is 2.04. The van der Waals surface area contributed by atoms with Gasteiger partial charge in [0.2, 0.25) is 0 Å². The van der Waals surface area contributed by atoms with E-state index in [4.69, 9.17) is 5.11 Å². The van der Waals surface area contributed by atoms with Crippen molar-refractivity contribution in [2.75, 3.05) is 5.32 Å². The van der Waals surface area contributed by atoms with Gasteiger partial charge in [0.15, 0.2) is 0 Å². The number of carbonyl (C=O) groups is 1. The Hall–Kier alpha value is -2.44. The number of rotatable bonds is 4. The van der Waals surface area contributed by atoms with Gasteiger partial charge in [-0.1, -0.05) is 0 Å². The zero-order valence-corrected chi connectivity index (χ0v) is 9.08. The molecule has 1 aromatic carbocycles. The van der Waals surface area contributed by atoms with E-state index in [1.54, 1.807) is 0 Å². The molecule has 0 fully saturated rings. The number of halogens is 2. The molecule has 0 saturated heterocycles. The number of hydrogen-bond acceptors (Lipinski definition) is 3. The van der Waals surface area contributed by atoms with Crippen molar-refractivity contribution in [2.45, 2.75) is 6.54 Å². The van der Waals surface area contributed by atoms with Crippen molar-refractivity contribution in [3.63, 3.8) is 0 Å². The first kappa shape index (κ1) is 12.0. The molecule has 0 aliphatic rings. The van der Waals surface area contributed by atoms with Crippen LogP contribution in [0.25, 0.3) is 0 Å². The summed E-state index contributed by atoms with van der Waals surface area (Å²) in [5.41, 5.74) is 0.329. The minimum Gasteiger partial charge on any atom is -0.477 e. The largest absolute Gasteiger partial charge is 0.477 e. The van der Waals surface area contributed by atoms with Crippen LogP contribution in [-0.2, 0) is 6.54 Å². The van der Waals surface area contributed by atoms with Gasteiger partial charge in [0.25, 0.3) is 0 Å². The van der Waals surface area contributed by atoms with Crippen molar-refractivity contribution in [1.29, 1.82) is 0 Å². The molecular weight excluding hydrogens is 244 g/mol. The van der Waals surface area contributed by atoms with Crippen LogP contribution in [0.3, 0.4) is 0 Å². The van der Waals surface area contributed by atoms with Gasteiger partial charge in [-0.15, -0.1) is 0 Å². The molecule has 94 valence electrons. The number of aromatic nitrogens is 2. The van der Waals surface area contributed by atoms with Gasteiger partial charge in [-0.3, -0.25) is 5.10 Å². The van der Waals surface area contributed by atoms with Gasteiger partial charge in [0, 0.05) is 18.7 Å². The number of carboxylic acid groups (broad SMARTS) is 1. The van der Waals surface area contributed by atoms with Gasteiger partial charge in [-0.05, 0) is 17.7 Å². The number of aromatic amines is 1. The maximum absolute atomic E-state index is 12.9. The van der Waals surface area contributed by atoms with E-state index in [1.807, 2.05) is 0 Å². The summed E-state index contributed by atoms with van der Waals surface area (Å²) >= 11 is 0. The summed E-state index contributed by atoms with van der Waals surface area (Å²) in [7, 11) is 0. The molecule has 7 heteroatoms. The molecule has 0 radical (unpaired) electrons. The van der Waals surface area contributed by atoms with Crippen molar-refractivity contribution in [1.82, 2.24) is 10.2 Å². The standard InChI is InChI=1S/C11H9F2N3O2/c12-7-1-6(2-8(13)3-7)5-14-10-4-9(11(17)18)15-16-10/h1-4H,5H2,(H,17,18)(H2,14,15,16). The maximum atomic E-state index is 12.9. The van der Waals surface area contributed by atoms with Crippen LogP contribution in [0.5, 0.6) is 0 Å².